The van der Waals surface area contributed by atoms with Crippen LogP contribution >= 0.6 is 0 Å². The van der Waals surface area contributed by atoms with Crippen LogP contribution in [0.5, 0.6) is 5.75 Å². The molecule has 0 bridgehead atoms. The molecule has 2 rings (SSSR count). The molecule has 1 aliphatic heterocycles. The molecule has 0 spiro atoms. The van der Waals surface area contributed by atoms with Gasteiger partial charge in [-0.05, 0) is 55.9 Å². The molecule has 0 aromatic heterocycles. The minimum atomic E-state index is -0.774. The molecule has 1 atom stereocenters. The predicted molar refractivity (Wildman–Crippen MR) is 144 cm³/mol. The second-order valence-corrected chi connectivity index (χ2v) is 9.38. The number of ether oxygens (including phenoxy) is 2. The van der Waals surface area contributed by atoms with Crippen molar-refractivity contribution in [3.63, 3.8) is 0 Å². The van der Waals surface area contributed by atoms with Crippen molar-refractivity contribution >= 4 is 23.5 Å². The highest BCUT2D eigenvalue weighted by molar-refractivity contribution is 5.85. The van der Waals surface area contributed by atoms with E-state index >= 15 is 0 Å². The summed E-state index contributed by atoms with van der Waals surface area (Å²) in [5.74, 6) is -0.245. The Hall–Kier alpha value is -2.97. The second kappa shape index (κ2) is 16.7. The summed E-state index contributed by atoms with van der Waals surface area (Å²) in [4.78, 5) is 30.8. The van der Waals surface area contributed by atoms with Crippen LogP contribution in [0.4, 0.5) is 5.69 Å². The van der Waals surface area contributed by atoms with Crippen molar-refractivity contribution in [3.8, 4) is 5.75 Å². The lowest BCUT2D eigenvalue weighted by atomic mass is 10.0. The van der Waals surface area contributed by atoms with E-state index in [2.05, 4.69) is 28.2 Å². The number of fused-ring (bicyclic) bond motifs is 1. The third-order valence-corrected chi connectivity index (χ3v) is 6.43. The zero-order valence-electron chi connectivity index (χ0n) is 22.1. The van der Waals surface area contributed by atoms with E-state index < -0.39 is 12.0 Å². The molecule has 0 aliphatic carbocycles. The average Bonchev–Trinajstić information content (AvgIpc) is 2.87. The van der Waals surface area contributed by atoms with E-state index in [0.717, 1.165) is 25.9 Å². The van der Waals surface area contributed by atoms with Gasteiger partial charge in [0.2, 0.25) is 0 Å². The number of hydrogen-bond donors (Lipinski definition) is 3. The topological polar surface area (TPSA) is 132 Å². The predicted octanol–water partition coefficient (Wildman–Crippen LogP) is 3.28. The summed E-state index contributed by atoms with van der Waals surface area (Å²) < 4.78 is 10.5. The first-order valence-electron chi connectivity index (χ1n) is 13.4. The van der Waals surface area contributed by atoms with Gasteiger partial charge in [-0.25, -0.2) is 4.79 Å². The normalized spacial score (nSPS) is 13.4. The third-order valence-electron chi connectivity index (χ3n) is 6.43. The van der Waals surface area contributed by atoms with Crippen molar-refractivity contribution in [1.82, 2.24) is 5.32 Å². The van der Waals surface area contributed by atoms with Gasteiger partial charge in [0.1, 0.15) is 11.8 Å². The minimum absolute atomic E-state index is 0.00646. The van der Waals surface area contributed by atoms with E-state index in [9.17, 15) is 9.59 Å². The van der Waals surface area contributed by atoms with Crippen molar-refractivity contribution in [2.45, 2.75) is 83.6 Å². The molecule has 0 fully saturated rings. The SMILES string of the molecule is CCCCCCCCCN1CCCc2cc(OCC(=O)N[C@@H](CCCN=C(N)N)C(=O)OC)ccc21. The number of nitrogens with two attached hydrogens (primary N) is 2. The van der Waals surface area contributed by atoms with Crippen LogP contribution < -0.4 is 26.4 Å². The zero-order chi connectivity index (χ0) is 26.2. The molecule has 5 N–H and O–H groups in total. The number of nitrogens with zero attached hydrogens (tertiary/aromatic N) is 2. The number of amides is 1. The van der Waals surface area contributed by atoms with Crippen molar-refractivity contribution in [2.24, 2.45) is 16.5 Å². The van der Waals surface area contributed by atoms with Crippen molar-refractivity contribution in [3.05, 3.63) is 23.8 Å². The Balaban J connectivity index is 1.81. The Morgan fingerprint density at radius 2 is 1.86 bits per heavy atom. The summed E-state index contributed by atoms with van der Waals surface area (Å²) >= 11 is 0. The number of methoxy groups -OCH3 is 1. The average molecular weight is 504 g/mol. The Morgan fingerprint density at radius 1 is 1.11 bits per heavy atom. The lowest BCUT2D eigenvalue weighted by Gasteiger charge is -2.31. The molecule has 9 nitrogen and oxygen atoms in total. The molecule has 1 aliphatic rings. The summed E-state index contributed by atoms with van der Waals surface area (Å²) in [5, 5.41) is 2.68. The number of benzene rings is 1. The fourth-order valence-corrected chi connectivity index (χ4v) is 4.51. The van der Waals surface area contributed by atoms with E-state index in [1.54, 1.807) is 0 Å². The third kappa shape index (κ3) is 10.7. The molecule has 202 valence electrons. The van der Waals surface area contributed by atoms with Crippen LogP contribution in [0.2, 0.25) is 0 Å². The fraction of sp³-hybridized carbons (Fsp3) is 0.667. The largest absolute Gasteiger partial charge is 0.484 e. The van der Waals surface area contributed by atoms with Crippen LogP contribution in [0.15, 0.2) is 23.2 Å². The van der Waals surface area contributed by atoms with Crippen LogP contribution in [0.1, 0.15) is 76.7 Å². The van der Waals surface area contributed by atoms with Crippen molar-refractivity contribution in [1.29, 1.82) is 0 Å². The lowest BCUT2D eigenvalue weighted by molar-refractivity contribution is -0.145. The number of unbranched alkanes of at least 4 members (excludes halogenated alkanes) is 6. The van der Waals surface area contributed by atoms with Crippen molar-refractivity contribution < 1.29 is 19.1 Å². The number of nitrogens with one attached hydrogen (secondary N) is 1. The molecule has 1 heterocycles. The number of hydrogen-bond acceptors (Lipinski definition) is 6. The highest BCUT2D eigenvalue weighted by atomic mass is 16.5. The Labute approximate surface area is 216 Å². The number of rotatable bonds is 17. The van der Waals surface area contributed by atoms with Gasteiger partial charge in [0.15, 0.2) is 12.6 Å². The molecule has 0 radical (unpaired) electrons. The van der Waals surface area contributed by atoms with Gasteiger partial charge in [-0.2, -0.15) is 0 Å². The second-order valence-electron chi connectivity index (χ2n) is 9.38. The van der Waals surface area contributed by atoms with Gasteiger partial charge in [0, 0.05) is 25.3 Å². The standard InChI is InChI=1S/C27H45N5O4/c1-3-4-5-6-7-8-9-17-32-18-11-12-21-19-22(14-15-24(21)32)36-20-25(33)31-23(26(34)35-2)13-10-16-30-27(28)29/h14-15,19,23H,3-13,16-18,20H2,1-2H3,(H,31,33)(H4,28,29,30)/t23-/m0/s1. The van der Waals surface area contributed by atoms with Crippen LogP contribution in [0.3, 0.4) is 0 Å². The van der Waals surface area contributed by atoms with Crippen LogP contribution in [0.25, 0.3) is 0 Å². The van der Waals surface area contributed by atoms with Gasteiger partial charge in [-0.15, -0.1) is 0 Å². The zero-order valence-corrected chi connectivity index (χ0v) is 22.1. The highest BCUT2D eigenvalue weighted by Gasteiger charge is 2.22. The molecular weight excluding hydrogens is 458 g/mol. The summed E-state index contributed by atoms with van der Waals surface area (Å²) in [5.41, 5.74) is 13.2. The van der Waals surface area contributed by atoms with E-state index in [0.29, 0.717) is 25.1 Å². The number of carbonyl (C=O) groups is 2. The Bertz CT molecular complexity index is 841. The number of aryl methyl sites for hydroxylation is 1. The van der Waals surface area contributed by atoms with Gasteiger partial charge >= 0.3 is 5.97 Å². The van der Waals surface area contributed by atoms with Gasteiger partial charge < -0.3 is 31.2 Å². The summed E-state index contributed by atoms with van der Waals surface area (Å²) in [6, 6.07) is 5.28. The molecule has 0 saturated carbocycles. The molecule has 36 heavy (non-hydrogen) atoms. The smallest absolute Gasteiger partial charge is 0.328 e. The van der Waals surface area contributed by atoms with E-state index in [1.165, 1.54) is 63.3 Å². The molecule has 0 unspecified atom stereocenters. The maximum atomic E-state index is 12.4. The van der Waals surface area contributed by atoms with Gasteiger partial charge in [0.05, 0.1) is 7.11 Å². The first-order valence-corrected chi connectivity index (χ1v) is 13.4. The molecule has 0 saturated heterocycles. The quantitative estimate of drug-likeness (QED) is 0.129. The van der Waals surface area contributed by atoms with E-state index in [1.807, 2.05) is 12.1 Å². The van der Waals surface area contributed by atoms with Crippen LogP contribution in [0, 0.1) is 0 Å². The minimum Gasteiger partial charge on any atom is -0.484 e. The molecule has 1 aromatic rings. The summed E-state index contributed by atoms with van der Waals surface area (Å²) in [7, 11) is 1.29. The Kier molecular flexibility index (Phi) is 13.5. The first-order chi connectivity index (χ1) is 17.4. The molecule has 1 aromatic carbocycles. The fourth-order valence-electron chi connectivity index (χ4n) is 4.51. The Morgan fingerprint density at radius 3 is 2.58 bits per heavy atom. The van der Waals surface area contributed by atoms with Crippen molar-refractivity contribution in [2.75, 3.05) is 38.3 Å². The van der Waals surface area contributed by atoms with Gasteiger partial charge in [-0.3, -0.25) is 9.79 Å². The first kappa shape index (κ1) is 29.3. The monoisotopic (exact) mass is 503 g/mol. The van der Waals surface area contributed by atoms with E-state index in [-0.39, 0.29) is 18.5 Å². The summed E-state index contributed by atoms with van der Waals surface area (Å²) in [6.07, 6.45) is 12.2. The van der Waals surface area contributed by atoms with Crippen LogP contribution in [-0.2, 0) is 20.7 Å². The number of anilines is 1. The summed E-state index contributed by atoms with van der Waals surface area (Å²) in [6.45, 7) is 4.61. The molecule has 1 amide bonds. The lowest BCUT2D eigenvalue weighted by Crippen LogP contribution is -2.43. The van der Waals surface area contributed by atoms with Crippen LogP contribution in [-0.4, -0.2) is 57.2 Å². The number of guanidine groups is 1. The maximum absolute atomic E-state index is 12.4. The van der Waals surface area contributed by atoms with E-state index in [4.69, 9.17) is 20.9 Å². The number of aliphatic imine (C=N–C) groups is 1. The highest BCUT2D eigenvalue weighted by Crippen LogP contribution is 2.31. The number of carbonyl (C=O) groups excluding carboxylic acids is 2. The number of esters is 1. The maximum Gasteiger partial charge on any atom is 0.328 e. The molecule has 9 heteroatoms. The van der Waals surface area contributed by atoms with Gasteiger partial charge in [-0.1, -0.05) is 45.4 Å². The molecular formula is C27H45N5O4. The van der Waals surface area contributed by atoms with Gasteiger partial charge in [0.25, 0.3) is 5.91 Å².